The van der Waals surface area contributed by atoms with Gasteiger partial charge in [0.2, 0.25) is 17.7 Å². The third-order valence-electron chi connectivity index (χ3n) is 5.51. The van der Waals surface area contributed by atoms with Crippen LogP contribution in [0.3, 0.4) is 0 Å². The monoisotopic (exact) mass is 451 g/mol. The summed E-state index contributed by atoms with van der Waals surface area (Å²) < 4.78 is 0. The van der Waals surface area contributed by atoms with Gasteiger partial charge in [-0.15, -0.1) is 0 Å². The van der Waals surface area contributed by atoms with Crippen molar-refractivity contribution in [3.05, 3.63) is 71.8 Å². The molecule has 0 unspecified atom stereocenters. The van der Waals surface area contributed by atoms with Crippen LogP contribution in [-0.2, 0) is 32.0 Å². The summed E-state index contributed by atoms with van der Waals surface area (Å²) in [5, 5.41) is 15.1. The standard InChI is InChI=1S/C25H29N3O5/c1-16(29)13-22(30)28-21(15-19-11-7-4-8-12-19)24(32)26-17(2)23(31)27-20(25(28)33)14-18-9-5-3-6-10-18/h3-12,16-17,20-21,29H,13-15H2,1-2H3,(H,26,32)(H,27,31)/t16-,17-,20-,21-/m1/s1. The van der Waals surface area contributed by atoms with E-state index < -0.39 is 47.9 Å². The predicted molar refractivity (Wildman–Crippen MR) is 122 cm³/mol. The highest BCUT2D eigenvalue weighted by Crippen LogP contribution is 2.17. The van der Waals surface area contributed by atoms with E-state index in [0.29, 0.717) is 0 Å². The number of imide groups is 1. The maximum absolute atomic E-state index is 13.7. The van der Waals surface area contributed by atoms with Crippen LogP contribution in [0.4, 0.5) is 0 Å². The summed E-state index contributed by atoms with van der Waals surface area (Å²) in [6.07, 6.45) is -1.09. The van der Waals surface area contributed by atoms with Crippen LogP contribution in [-0.4, -0.2) is 57.9 Å². The van der Waals surface area contributed by atoms with Crippen molar-refractivity contribution in [1.82, 2.24) is 15.5 Å². The highest BCUT2D eigenvalue weighted by molar-refractivity contribution is 6.05. The summed E-state index contributed by atoms with van der Waals surface area (Å²) in [6.45, 7) is 2.97. The Morgan fingerprint density at radius 2 is 1.45 bits per heavy atom. The number of amides is 4. The lowest BCUT2D eigenvalue weighted by atomic mass is 10.00. The van der Waals surface area contributed by atoms with Crippen LogP contribution in [0.1, 0.15) is 31.4 Å². The normalized spacial score (nSPS) is 22.5. The van der Waals surface area contributed by atoms with Gasteiger partial charge in [0.05, 0.1) is 12.5 Å². The van der Waals surface area contributed by atoms with Crippen LogP contribution >= 0.6 is 0 Å². The van der Waals surface area contributed by atoms with E-state index in [0.717, 1.165) is 16.0 Å². The first-order valence-corrected chi connectivity index (χ1v) is 11.0. The molecule has 1 heterocycles. The third kappa shape index (κ3) is 6.26. The maximum Gasteiger partial charge on any atom is 0.252 e. The van der Waals surface area contributed by atoms with Crippen LogP contribution < -0.4 is 10.6 Å². The van der Waals surface area contributed by atoms with E-state index in [-0.39, 0.29) is 19.3 Å². The lowest BCUT2D eigenvalue weighted by Crippen LogP contribution is -2.57. The van der Waals surface area contributed by atoms with E-state index in [1.54, 1.807) is 24.3 Å². The first-order chi connectivity index (χ1) is 15.8. The Morgan fingerprint density at radius 1 is 0.909 bits per heavy atom. The minimum Gasteiger partial charge on any atom is -0.393 e. The van der Waals surface area contributed by atoms with E-state index >= 15 is 0 Å². The van der Waals surface area contributed by atoms with Gasteiger partial charge in [0.25, 0.3) is 5.91 Å². The van der Waals surface area contributed by atoms with Gasteiger partial charge in [-0.2, -0.15) is 0 Å². The fourth-order valence-corrected chi connectivity index (χ4v) is 3.83. The molecule has 1 aliphatic heterocycles. The van der Waals surface area contributed by atoms with Crippen LogP contribution in [0.2, 0.25) is 0 Å². The van der Waals surface area contributed by atoms with E-state index in [1.807, 2.05) is 36.4 Å². The number of nitrogens with one attached hydrogen (secondary N) is 2. The van der Waals surface area contributed by atoms with Crippen LogP contribution in [0.25, 0.3) is 0 Å². The Bertz CT molecular complexity index is 994. The minimum atomic E-state index is -1.17. The summed E-state index contributed by atoms with van der Waals surface area (Å²) in [7, 11) is 0. The quantitative estimate of drug-likeness (QED) is 0.605. The van der Waals surface area contributed by atoms with E-state index in [9.17, 15) is 24.3 Å². The van der Waals surface area contributed by atoms with Crippen molar-refractivity contribution in [3.8, 4) is 0 Å². The molecule has 4 amide bonds. The summed E-state index contributed by atoms with van der Waals surface area (Å²) in [5.74, 6) is -2.47. The molecule has 33 heavy (non-hydrogen) atoms. The van der Waals surface area contributed by atoms with Crippen LogP contribution in [0.5, 0.6) is 0 Å². The first-order valence-electron chi connectivity index (χ1n) is 11.0. The topological polar surface area (TPSA) is 116 Å². The Morgan fingerprint density at radius 3 is 2.00 bits per heavy atom. The third-order valence-corrected chi connectivity index (χ3v) is 5.51. The lowest BCUT2D eigenvalue weighted by molar-refractivity contribution is -0.154. The molecule has 1 saturated heterocycles. The van der Waals surface area contributed by atoms with Gasteiger partial charge in [-0.1, -0.05) is 60.7 Å². The predicted octanol–water partition coefficient (Wildman–Crippen LogP) is 0.970. The van der Waals surface area contributed by atoms with E-state index in [2.05, 4.69) is 10.6 Å². The Hall–Kier alpha value is -3.52. The van der Waals surface area contributed by atoms with Crippen molar-refractivity contribution < 1.29 is 24.3 Å². The average molecular weight is 452 g/mol. The molecule has 3 N–H and O–H groups in total. The summed E-state index contributed by atoms with van der Waals surface area (Å²) in [4.78, 5) is 53.7. The van der Waals surface area contributed by atoms with Crippen molar-refractivity contribution in [3.63, 3.8) is 0 Å². The number of carbonyl (C=O) groups excluding carboxylic acids is 4. The first kappa shape index (κ1) is 24.1. The summed E-state index contributed by atoms with van der Waals surface area (Å²) in [6, 6.07) is 15.0. The average Bonchev–Trinajstić information content (AvgIpc) is 2.80. The number of benzene rings is 2. The molecule has 3 rings (SSSR count). The largest absolute Gasteiger partial charge is 0.393 e. The van der Waals surface area contributed by atoms with Crippen molar-refractivity contribution in [2.75, 3.05) is 0 Å². The molecule has 0 aliphatic carbocycles. The molecule has 0 bridgehead atoms. The van der Waals surface area contributed by atoms with Gasteiger partial charge in [0.15, 0.2) is 0 Å². The number of aliphatic hydroxyl groups is 1. The molecule has 4 atom stereocenters. The van der Waals surface area contributed by atoms with Crippen molar-refractivity contribution in [1.29, 1.82) is 0 Å². The molecule has 0 radical (unpaired) electrons. The number of hydrogen-bond acceptors (Lipinski definition) is 5. The molecule has 0 spiro atoms. The number of carbonyl (C=O) groups is 4. The highest BCUT2D eigenvalue weighted by Gasteiger charge is 2.41. The molecule has 8 nitrogen and oxygen atoms in total. The number of nitrogens with zero attached hydrogens (tertiary/aromatic N) is 1. The zero-order chi connectivity index (χ0) is 24.0. The molecular weight excluding hydrogens is 422 g/mol. The molecule has 2 aromatic carbocycles. The fraction of sp³-hybridized carbons (Fsp3) is 0.360. The zero-order valence-electron chi connectivity index (χ0n) is 18.7. The molecule has 0 saturated carbocycles. The second-order valence-electron chi connectivity index (χ2n) is 8.34. The van der Waals surface area contributed by atoms with Gasteiger partial charge in [-0.3, -0.25) is 24.1 Å². The zero-order valence-corrected chi connectivity index (χ0v) is 18.7. The number of aliphatic hydroxyl groups excluding tert-OH is 1. The van der Waals surface area contributed by atoms with Crippen molar-refractivity contribution >= 4 is 23.6 Å². The van der Waals surface area contributed by atoms with Gasteiger partial charge < -0.3 is 15.7 Å². The highest BCUT2D eigenvalue weighted by atomic mass is 16.3. The fourth-order valence-electron chi connectivity index (χ4n) is 3.83. The molecule has 8 heteroatoms. The molecular formula is C25H29N3O5. The lowest BCUT2D eigenvalue weighted by Gasteiger charge is -2.31. The van der Waals surface area contributed by atoms with Crippen molar-refractivity contribution in [2.24, 2.45) is 0 Å². The Kier molecular flexibility index (Phi) is 7.95. The minimum absolute atomic E-state index is 0.0862. The van der Waals surface area contributed by atoms with Gasteiger partial charge in [-0.25, -0.2) is 0 Å². The van der Waals surface area contributed by atoms with Gasteiger partial charge in [-0.05, 0) is 25.0 Å². The van der Waals surface area contributed by atoms with Crippen LogP contribution in [0, 0.1) is 0 Å². The van der Waals surface area contributed by atoms with E-state index in [4.69, 9.17) is 0 Å². The number of hydrogen-bond donors (Lipinski definition) is 3. The van der Waals surface area contributed by atoms with Crippen molar-refractivity contribution in [2.45, 2.75) is 57.3 Å². The Balaban J connectivity index is 2.04. The second kappa shape index (κ2) is 10.9. The van der Waals surface area contributed by atoms with Crippen LogP contribution in [0.15, 0.2) is 60.7 Å². The molecule has 0 aromatic heterocycles. The Labute approximate surface area is 193 Å². The van der Waals surface area contributed by atoms with Gasteiger partial charge in [0.1, 0.15) is 18.1 Å². The SMILES string of the molecule is C[C@@H](O)CC(=O)N1C(=O)[C@@H](Cc2ccccc2)NC(=O)[C@@H](C)NC(=O)[C@H]1Cc1ccccc1. The molecule has 1 aliphatic rings. The van der Waals surface area contributed by atoms with Gasteiger partial charge >= 0.3 is 0 Å². The second-order valence-corrected chi connectivity index (χ2v) is 8.34. The summed E-state index contributed by atoms with van der Waals surface area (Å²) >= 11 is 0. The summed E-state index contributed by atoms with van der Waals surface area (Å²) in [5.41, 5.74) is 1.55. The molecule has 1 fully saturated rings. The smallest absolute Gasteiger partial charge is 0.252 e. The number of rotatable bonds is 6. The molecule has 2 aromatic rings. The van der Waals surface area contributed by atoms with Gasteiger partial charge in [0, 0.05) is 12.8 Å². The molecule has 174 valence electrons. The van der Waals surface area contributed by atoms with E-state index in [1.165, 1.54) is 13.8 Å². The maximum atomic E-state index is 13.7.